The Bertz CT molecular complexity index is 1070. The van der Waals surface area contributed by atoms with Crippen molar-refractivity contribution in [2.24, 2.45) is 5.92 Å². The summed E-state index contributed by atoms with van der Waals surface area (Å²) in [6.07, 6.45) is 1.22. The molecule has 1 amide bonds. The molecular weight excluding hydrogens is 406 g/mol. The Morgan fingerprint density at radius 3 is 2.59 bits per heavy atom. The van der Waals surface area contributed by atoms with E-state index in [0.717, 1.165) is 41.7 Å². The highest BCUT2D eigenvalue weighted by molar-refractivity contribution is 6.04. The van der Waals surface area contributed by atoms with Crippen LogP contribution in [0, 0.1) is 19.8 Å². The number of ether oxygens (including phenoxy) is 2. The first-order valence-corrected chi connectivity index (χ1v) is 10.8. The molecule has 0 radical (unpaired) electrons. The average Bonchev–Trinajstić information content (AvgIpc) is 3.37. The van der Waals surface area contributed by atoms with Crippen LogP contribution in [0.3, 0.4) is 0 Å². The van der Waals surface area contributed by atoms with E-state index in [4.69, 9.17) is 14.0 Å². The molecule has 2 aromatic carbocycles. The van der Waals surface area contributed by atoms with E-state index in [1.807, 2.05) is 26.0 Å². The topological polar surface area (TPSA) is 76.8 Å². The predicted octanol–water partition coefficient (Wildman–Crippen LogP) is 4.98. The van der Waals surface area contributed by atoms with Crippen LogP contribution in [-0.4, -0.2) is 31.3 Å². The normalized spacial score (nSPS) is 15.6. The number of carbonyl (C=O) groups is 1. The lowest BCUT2D eigenvalue weighted by molar-refractivity contribution is 0.102. The lowest BCUT2D eigenvalue weighted by atomic mass is 10.1. The van der Waals surface area contributed by atoms with E-state index >= 15 is 0 Å². The molecule has 32 heavy (non-hydrogen) atoms. The highest BCUT2D eigenvalue weighted by Gasteiger charge is 2.19. The van der Waals surface area contributed by atoms with Gasteiger partial charge in [0.2, 0.25) is 0 Å². The fourth-order valence-corrected chi connectivity index (χ4v) is 3.91. The highest BCUT2D eigenvalue weighted by Crippen LogP contribution is 2.30. The standard InChI is InChI=1S/C25H29N3O4/c1-16-11-12-28(14-16)21-8-6-20(7-9-21)26-25(29)19-5-10-23(24(13-19)30-4)31-15-22-17(2)27-32-18(22)3/h5-10,13,16H,11-12,14-15H2,1-4H3,(H,26,29). The van der Waals surface area contributed by atoms with Crippen LogP contribution >= 0.6 is 0 Å². The van der Waals surface area contributed by atoms with Crippen LogP contribution in [0.2, 0.25) is 0 Å². The lowest BCUT2D eigenvalue weighted by Crippen LogP contribution is -2.19. The largest absolute Gasteiger partial charge is 0.493 e. The van der Waals surface area contributed by atoms with Crippen LogP contribution < -0.4 is 19.7 Å². The van der Waals surface area contributed by atoms with Crippen LogP contribution in [0.15, 0.2) is 47.0 Å². The molecule has 2 heterocycles. The van der Waals surface area contributed by atoms with Crippen molar-refractivity contribution >= 4 is 17.3 Å². The van der Waals surface area contributed by atoms with Crippen molar-refractivity contribution in [2.45, 2.75) is 33.8 Å². The van der Waals surface area contributed by atoms with Gasteiger partial charge in [0.25, 0.3) is 5.91 Å². The van der Waals surface area contributed by atoms with Gasteiger partial charge in [0.15, 0.2) is 11.5 Å². The number of rotatable bonds is 7. The van der Waals surface area contributed by atoms with Gasteiger partial charge in [0.1, 0.15) is 12.4 Å². The quantitative estimate of drug-likeness (QED) is 0.564. The third-order valence-corrected chi connectivity index (χ3v) is 5.89. The molecule has 168 valence electrons. The molecular formula is C25H29N3O4. The van der Waals surface area contributed by atoms with Gasteiger partial charge in [-0.25, -0.2) is 0 Å². The van der Waals surface area contributed by atoms with Gasteiger partial charge in [0.05, 0.1) is 18.4 Å². The molecule has 1 N–H and O–H groups in total. The van der Waals surface area contributed by atoms with E-state index < -0.39 is 0 Å². The Balaban J connectivity index is 1.41. The third kappa shape index (κ3) is 4.72. The van der Waals surface area contributed by atoms with Gasteiger partial charge in [-0.2, -0.15) is 0 Å². The summed E-state index contributed by atoms with van der Waals surface area (Å²) in [5.74, 6) is 2.28. The third-order valence-electron chi connectivity index (χ3n) is 5.89. The van der Waals surface area contributed by atoms with Gasteiger partial charge in [-0.1, -0.05) is 12.1 Å². The number of aryl methyl sites for hydroxylation is 2. The Labute approximate surface area is 188 Å². The van der Waals surface area contributed by atoms with Gasteiger partial charge >= 0.3 is 0 Å². The zero-order valence-corrected chi connectivity index (χ0v) is 19.0. The maximum absolute atomic E-state index is 12.8. The summed E-state index contributed by atoms with van der Waals surface area (Å²) >= 11 is 0. The molecule has 4 rings (SSSR count). The van der Waals surface area contributed by atoms with E-state index in [1.165, 1.54) is 12.1 Å². The molecule has 1 aromatic heterocycles. The van der Waals surface area contributed by atoms with Crippen molar-refractivity contribution in [2.75, 3.05) is 30.4 Å². The Morgan fingerprint density at radius 2 is 1.97 bits per heavy atom. The average molecular weight is 436 g/mol. The first kappa shape index (κ1) is 21.7. The maximum Gasteiger partial charge on any atom is 0.255 e. The monoisotopic (exact) mass is 435 g/mol. The molecule has 0 spiro atoms. The molecule has 1 aliphatic heterocycles. The molecule has 1 fully saturated rings. The summed E-state index contributed by atoms with van der Waals surface area (Å²) in [7, 11) is 1.55. The van der Waals surface area contributed by atoms with Crippen LogP contribution in [0.5, 0.6) is 11.5 Å². The molecule has 1 atom stereocenters. The summed E-state index contributed by atoms with van der Waals surface area (Å²) in [4.78, 5) is 15.2. The van der Waals surface area contributed by atoms with E-state index in [-0.39, 0.29) is 5.91 Å². The Kier molecular flexibility index (Phi) is 6.35. The first-order valence-electron chi connectivity index (χ1n) is 10.8. The number of hydrogen-bond donors (Lipinski definition) is 1. The molecule has 3 aromatic rings. The second kappa shape index (κ2) is 9.34. The Morgan fingerprint density at radius 1 is 1.19 bits per heavy atom. The van der Waals surface area contributed by atoms with Gasteiger partial charge in [-0.15, -0.1) is 0 Å². The molecule has 7 heteroatoms. The number of nitrogens with zero attached hydrogens (tertiary/aromatic N) is 2. The van der Waals surface area contributed by atoms with Gasteiger partial charge in [0, 0.05) is 30.0 Å². The minimum absolute atomic E-state index is 0.205. The predicted molar refractivity (Wildman–Crippen MR) is 124 cm³/mol. The number of benzene rings is 2. The van der Waals surface area contributed by atoms with Crippen LogP contribution in [0.4, 0.5) is 11.4 Å². The second-order valence-electron chi connectivity index (χ2n) is 8.30. The maximum atomic E-state index is 12.8. The number of anilines is 2. The molecule has 1 unspecified atom stereocenters. The Hall–Kier alpha value is -3.48. The van der Waals surface area contributed by atoms with Crippen molar-refractivity contribution in [1.82, 2.24) is 5.16 Å². The van der Waals surface area contributed by atoms with Crippen molar-refractivity contribution < 1.29 is 18.8 Å². The highest BCUT2D eigenvalue weighted by atomic mass is 16.5. The van der Waals surface area contributed by atoms with Crippen molar-refractivity contribution in [3.8, 4) is 11.5 Å². The zero-order chi connectivity index (χ0) is 22.7. The number of carbonyl (C=O) groups excluding carboxylic acids is 1. The van der Waals surface area contributed by atoms with Crippen molar-refractivity contribution in [1.29, 1.82) is 0 Å². The minimum Gasteiger partial charge on any atom is -0.493 e. The zero-order valence-electron chi connectivity index (χ0n) is 19.0. The minimum atomic E-state index is -0.205. The molecule has 0 aliphatic carbocycles. The number of aromatic nitrogens is 1. The summed E-state index contributed by atoms with van der Waals surface area (Å²) in [5, 5.41) is 6.89. The first-order chi connectivity index (χ1) is 15.4. The van der Waals surface area contributed by atoms with Crippen molar-refractivity contribution in [3.63, 3.8) is 0 Å². The summed E-state index contributed by atoms with van der Waals surface area (Å²) in [6, 6.07) is 13.1. The summed E-state index contributed by atoms with van der Waals surface area (Å²) in [6.45, 7) is 8.47. The molecule has 0 saturated carbocycles. The molecule has 1 aliphatic rings. The van der Waals surface area contributed by atoms with Gasteiger partial charge in [-0.05, 0) is 68.7 Å². The number of hydrogen-bond acceptors (Lipinski definition) is 6. The summed E-state index contributed by atoms with van der Waals surface area (Å²) < 4.78 is 16.5. The van der Waals surface area contributed by atoms with Crippen LogP contribution in [0.1, 0.15) is 40.7 Å². The van der Waals surface area contributed by atoms with E-state index in [0.29, 0.717) is 23.7 Å². The molecule has 0 bridgehead atoms. The van der Waals surface area contributed by atoms with Crippen molar-refractivity contribution in [3.05, 3.63) is 65.0 Å². The SMILES string of the molecule is COc1cc(C(=O)Nc2ccc(N3CCC(C)C3)cc2)ccc1OCc1c(C)noc1C. The van der Waals surface area contributed by atoms with Gasteiger partial charge in [-0.3, -0.25) is 4.79 Å². The van der Waals surface area contributed by atoms with E-state index in [2.05, 4.69) is 34.4 Å². The number of methoxy groups -OCH3 is 1. The fraction of sp³-hybridized carbons (Fsp3) is 0.360. The smallest absolute Gasteiger partial charge is 0.255 e. The van der Waals surface area contributed by atoms with Crippen LogP contribution in [-0.2, 0) is 6.61 Å². The second-order valence-corrected chi connectivity index (χ2v) is 8.30. The van der Waals surface area contributed by atoms with Crippen LogP contribution in [0.25, 0.3) is 0 Å². The molecule has 7 nitrogen and oxygen atoms in total. The van der Waals surface area contributed by atoms with E-state index in [9.17, 15) is 4.79 Å². The van der Waals surface area contributed by atoms with Gasteiger partial charge < -0.3 is 24.2 Å². The van der Waals surface area contributed by atoms with E-state index in [1.54, 1.807) is 25.3 Å². The summed E-state index contributed by atoms with van der Waals surface area (Å²) in [5.41, 5.74) is 4.13. The fourth-order valence-electron chi connectivity index (χ4n) is 3.91. The molecule has 1 saturated heterocycles. The number of nitrogens with one attached hydrogen (secondary N) is 1. The number of amides is 1. The lowest BCUT2D eigenvalue weighted by Gasteiger charge is -2.18.